The number of hydrogen-bond acceptors (Lipinski definition) is 5. The van der Waals surface area contributed by atoms with Crippen molar-refractivity contribution in [2.45, 2.75) is 19.3 Å². The summed E-state index contributed by atoms with van der Waals surface area (Å²) in [4.78, 5) is 11.0. The number of fused-ring (bicyclic) bond motifs is 1. The third-order valence-corrected chi connectivity index (χ3v) is 4.02. The van der Waals surface area contributed by atoms with Gasteiger partial charge < -0.3 is 14.9 Å². The molecular formula is C18H18N2O4. The number of nitrogens with one attached hydrogen (secondary N) is 1. The van der Waals surface area contributed by atoms with Crippen LogP contribution in [0.5, 0.6) is 11.5 Å². The van der Waals surface area contributed by atoms with Crippen molar-refractivity contribution in [1.29, 1.82) is 0 Å². The number of phenols is 1. The number of carbonyl (C=O) groups is 1. The maximum Gasteiger partial charge on any atom is 0.335 e. The Bertz CT molecular complexity index is 815. The standard InChI is InChI=1S/C18H18N2O4/c1-24-17-10-12(18(22)23)5-8-16(17)20-19-15-4-2-3-11-9-13(21)6-7-14(11)15/h5-10,20-21H,2-4H2,1H3,(H,22,23)/b19-15-. The molecular weight excluding hydrogens is 308 g/mol. The number of carboxylic acids is 1. The van der Waals surface area contributed by atoms with Crippen molar-refractivity contribution >= 4 is 17.4 Å². The van der Waals surface area contributed by atoms with E-state index in [1.54, 1.807) is 18.2 Å². The molecule has 0 aliphatic heterocycles. The van der Waals surface area contributed by atoms with E-state index >= 15 is 0 Å². The van der Waals surface area contributed by atoms with E-state index in [1.165, 1.54) is 19.2 Å². The Morgan fingerprint density at radius 2 is 2.04 bits per heavy atom. The molecule has 2 aromatic rings. The molecule has 6 nitrogen and oxygen atoms in total. The average Bonchev–Trinajstić information content (AvgIpc) is 2.59. The molecule has 3 rings (SSSR count). The van der Waals surface area contributed by atoms with Gasteiger partial charge in [-0.1, -0.05) is 0 Å². The number of carboxylic acid groups (broad SMARTS) is 1. The van der Waals surface area contributed by atoms with Gasteiger partial charge in [0.2, 0.25) is 0 Å². The normalized spacial score (nSPS) is 15.0. The number of ether oxygens (including phenoxy) is 1. The second-order valence-corrected chi connectivity index (χ2v) is 5.59. The summed E-state index contributed by atoms with van der Waals surface area (Å²) in [5.41, 5.74) is 6.72. The van der Waals surface area contributed by atoms with E-state index in [2.05, 4.69) is 10.5 Å². The number of anilines is 1. The lowest BCUT2D eigenvalue weighted by molar-refractivity contribution is 0.0696. The molecule has 0 atom stereocenters. The Morgan fingerprint density at radius 1 is 1.21 bits per heavy atom. The van der Waals surface area contributed by atoms with Crippen molar-refractivity contribution in [1.82, 2.24) is 0 Å². The van der Waals surface area contributed by atoms with E-state index < -0.39 is 5.97 Å². The maximum absolute atomic E-state index is 11.0. The van der Waals surface area contributed by atoms with Crippen LogP contribution in [0.3, 0.4) is 0 Å². The minimum Gasteiger partial charge on any atom is -0.508 e. The van der Waals surface area contributed by atoms with E-state index in [-0.39, 0.29) is 11.3 Å². The monoisotopic (exact) mass is 326 g/mol. The van der Waals surface area contributed by atoms with Crippen LogP contribution in [-0.4, -0.2) is 29.0 Å². The number of hydrogen-bond donors (Lipinski definition) is 3. The van der Waals surface area contributed by atoms with Gasteiger partial charge in [-0.15, -0.1) is 0 Å². The number of aryl methyl sites for hydroxylation is 1. The highest BCUT2D eigenvalue weighted by molar-refractivity contribution is 6.03. The molecule has 6 heteroatoms. The number of nitrogens with zero attached hydrogens (tertiary/aromatic N) is 1. The molecule has 0 aromatic heterocycles. The van der Waals surface area contributed by atoms with Crippen LogP contribution in [0, 0.1) is 0 Å². The topological polar surface area (TPSA) is 91.2 Å². The van der Waals surface area contributed by atoms with Gasteiger partial charge in [-0.05, 0) is 61.2 Å². The lowest BCUT2D eigenvalue weighted by Crippen LogP contribution is -2.13. The van der Waals surface area contributed by atoms with Crippen molar-refractivity contribution < 1.29 is 19.7 Å². The van der Waals surface area contributed by atoms with Gasteiger partial charge >= 0.3 is 5.97 Å². The molecule has 1 aliphatic rings. The predicted octanol–water partition coefficient (Wildman–Crippen LogP) is 3.25. The smallest absolute Gasteiger partial charge is 0.335 e. The summed E-state index contributed by atoms with van der Waals surface area (Å²) in [6, 6.07) is 9.88. The summed E-state index contributed by atoms with van der Waals surface area (Å²) >= 11 is 0. The van der Waals surface area contributed by atoms with E-state index in [4.69, 9.17) is 9.84 Å². The Labute approximate surface area is 139 Å². The molecule has 0 spiro atoms. The summed E-state index contributed by atoms with van der Waals surface area (Å²) in [6.45, 7) is 0. The summed E-state index contributed by atoms with van der Waals surface area (Å²) in [7, 11) is 1.48. The number of rotatable bonds is 4. The minimum absolute atomic E-state index is 0.156. The second kappa shape index (κ2) is 6.62. The van der Waals surface area contributed by atoms with Crippen molar-refractivity contribution in [3.63, 3.8) is 0 Å². The highest BCUT2D eigenvalue weighted by atomic mass is 16.5. The zero-order chi connectivity index (χ0) is 17.1. The zero-order valence-corrected chi connectivity index (χ0v) is 13.2. The van der Waals surface area contributed by atoms with Crippen molar-refractivity contribution in [2.75, 3.05) is 12.5 Å². The first-order valence-electron chi connectivity index (χ1n) is 7.64. The predicted molar refractivity (Wildman–Crippen MR) is 91.2 cm³/mol. The van der Waals surface area contributed by atoms with Gasteiger partial charge in [0.15, 0.2) is 0 Å². The summed E-state index contributed by atoms with van der Waals surface area (Å²) in [5.74, 6) is -0.331. The SMILES string of the molecule is COc1cc(C(=O)O)ccc1N/N=C1/CCCc2cc(O)ccc21. The van der Waals surface area contributed by atoms with Gasteiger partial charge in [-0.3, -0.25) is 5.43 Å². The minimum atomic E-state index is -1.01. The summed E-state index contributed by atoms with van der Waals surface area (Å²) < 4.78 is 5.23. The third kappa shape index (κ3) is 3.17. The van der Waals surface area contributed by atoms with E-state index in [9.17, 15) is 9.90 Å². The summed E-state index contributed by atoms with van der Waals surface area (Å²) in [6.07, 6.45) is 2.71. The zero-order valence-electron chi connectivity index (χ0n) is 13.2. The van der Waals surface area contributed by atoms with Crippen LogP contribution in [0.2, 0.25) is 0 Å². The molecule has 0 bridgehead atoms. The molecule has 0 amide bonds. The Kier molecular flexibility index (Phi) is 4.37. The quantitative estimate of drug-likeness (QED) is 0.750. The van der Waals surface area contributed by atoms with Gasteiger partial charge in [-0.2, -0.15) is 5.10 Å². The third-order valence-electron chi connectivity index (χ3n) is 4.02. The molecule has 0 saturated carbocycles. The number of aromatic carboxylic acids is 1. The van der Waals surface area contributed by atoms with Gasteiger partial charge in [0.05, 0.1) is 24.1 Å². The van der Waals surface area contributed by atoms with Crippen LogP contribution >= 0.6 is 0 Å². The van der Waals surface area contributed by atoms with Crippen LogP contribution in [0.4, 0.5) is 5.69 Å². The van der Waals surface area contributed by atoms with E-state index in [0.717, 1.165) is 36.1 Å². The highest BCUT2D eigenvalue weighted by Gasteiger charge is 2.16. The fourth-order valence-corrected chi connectivity index (χ4v) is 2.81. The molecule has 0 radical (unpaired) electrons. The molecule has 0 heterocycles. The Hall–Kier alpha value is -3.02. The first-order chi connectivity index (χ1) is 11.6. The van der Waals surface area contributed by atoms with Gasteiger partial charge in [0.25, 0.3) is 0 Å². The van der Waals surface area contributed by atoms with Crippen molar-refractivity contribution in [2.24, 2.45) is 5.10 Å². The molecule has 3 N–H and O–H groups in total. The number of phenolic OH excluding ortho intramolecular Hbond substituents is 1. The van der Waals surface area contributed by atoms with Gasteiger partial charge in [-0.25, -0.2) is 4.79 Å². The second-order valence-electron chi connectivity index (χ2n) is 5.59. The highest BCUT2D eigenvalue weighted by Crippen LogP contribution is 2.28. The van der Waals surface area contributed by atoms with Crippen LogP contribution in [0.25, 0.3) is 0 Å². The first-order valence-corrected chi connectivity index (χ1v) is 7.64. The van der Waals surface area contributed by atoms with Crippen molar-refractivity contribution in [3.05, 3.63) is 53.1 Å². The van der Waals surface area contributed by atoms with E-state index in [0.29, 0.717) is 11.4 Å². The molecule has 24 heavy (non-hydrogen) atoms. The molecule has 0 saturated heterocycles. The Balaban J connectivity index is 1.88. The largest absolute Gasteiger partial charge is 0.508 e. The first kappa shape index (κ1) is 15.9. The van der Waals surface area contributed by atoms with Gasteiger partial charge in [0.1, 0.15) is 11.5 Å². The van der Waals surface area contributed by atoms with Gasteiger partial charge in [0, 0.05) is 5.56 Å². The number of aromatic hydroxyl groups is 1. The fourth-order valence-electron chi connectivity index (χ4n) is 2.81. The number of benzene rings is 2. The van der Waals surface area contributed by atoms with Crippen molar-refractivity contribution in [3.8, 4) is 11.5 Å². The molecule has 0 unspecified atom stereocenters. The van der Waals surface area contributed by atoms with Crippen LogP contribution in [0.15, 0.2) is 41.5 Å². The van der Waals surface area contributed by atoms with Crippen LogP contribution < -0.4 is 10.2 Å². The lowest BCUT2D eigenvalue weighted by Gasteiger charge is -2.18. The fraction of sp³-hybridized carbons (Fsp3) is 0.222. The molecule has 124 valence electrons. The maximum atomic E-state index is 11.0. The number of hydrazone groups is 1. The number of methoxy groups -OCH3 is 1. The van der Waals surface area contributed by atoms with Crippen LogP contribution in [0.1, 0.15) is 34.3 Å². The lowest BCUT2D eigenvalue weighted by atomic mass is 9.90. The van der Waals surface area contributed by atoms with E-state index in [1.807, 2.05) is 6.07 Å². The summed E-state index contributed by atoms with van der Waals surface area (Å²) in [5, 5.41) is 23.1. The van der Waals surface area contributed by atoms with Crippen LogP contribution in [-0.2, 0) is 6.42 Å². The average molecular weight is 326 g/mol. The molecule has 0 fully saturated rings. The molecule has 1 aliphatic carbocycles. The molecule has 2 aromatic carbocycles. The Morgan fingerprint density at radius 3 is 2.79 bits per heavy atom.